The standard InChI is InChI=1S/C12H21ClO2/c1-7(2)9-5-4-8(3)6-10(9)11(14)12(13)15/h7-11,14H,4-6H2,1-3H3. The molecule has 1 rings (SSSR count). The molecule has 0 heterocycles. The normalized spacial score (nSPS) is 34.1. The second kappa shape index (κ2) is 5.31. The first kappa shape index (κ1) is 13.0. The fourth-order valence-corrected chi connectivity index (χ4v) is 2.97. The van der Waals surface area contributed by atoms with Gasteiger partial charge in [-0.2, -0.15) is 0 Å². The van der Waals surface area contributed by atoms with Crippen LogP contribution in [0.5, 0.6) is 0 Å². The van der Waals surface area contributed by atoms with Crippen molar-refractivity contribution in [3.8, 4) is 0 Å². The van der Waals surface area contributed by atoms with E-state index in [1.807, 2.05) is 0 Å². The lowest BCUT2D eigenvalue weighted by molar-refractivity contribution is -0.124. The number of aliphatic hydroxyl groups excluding tert-OH is 1. The van der Waals surface area contributed by atoms with Crippen molar-refractivity contribution < 1.29 is 9.90 Å². The molecule has 0 aromatic rings. The topological polar surface area (TPSA) is 37.3 Å². The molecule has 4 atom stereocenters. The van der Waals surface area contributed by atoms with Crippen molar-refractivity contribution in [2.75, 3.05) is 0 Å². The van der Waals surface area contributed by atoms with Crippen molar-refractivity contribution >= 4 is 16.8 Å². The molecule has 1 N–H and O–H groups in total. The number of rotatable bonds is 3. The Kier molecular flexibility index (Phi) is 4.60. The summed E-state index contributed by atoms with van der Waals surface area (Å²) in [7, 11) is 0. The third-order valence-electron chi connectivity index (χ3n) is 3.71. The smallest absolute Gasteiger partial charge is 0.250 e. The van der Waals surface area contributed by atoms with Gasteiger partial charge in [0.1, 0.15) is 6.10 Å². The first-order valence-electron chi connectivity index (χ1n) is 5.81. The van der Waals surface area contributed by atoms with Crippen molar-refractivity contribution in [2.24, 2.45) is 23.7 Å². The van der Waals surface area contributed by atoms with Gasteiger partial charge in [0.25, 0.3) is 0 Å². The average molecular weight is 233 g/mol. The van der Waals surface area contributed by atoms with Gasteiger partial charge in [-0.3, -0.25) is 4.79 Å². The first-order valence-corrected chi connectivity index (χ1v) is 6.18. The molecule has 0 aliphatic heterocycles. The van der Waals surface area contributed by atoms with E-state index in [0.717, 1.165) is 12.8 Å². The van der Waals surface area contributed by atoms with E-state index >= 15 is 0 Å². The van der Waals surface area contributed by atoms with Crippen molar-refractivity contribution in [3.05, 3.63) is 0 Å². The van der Waals surface area contributed by atoms with Gasteiger partial charge in [-0.25, -0.2) is 0 Å². The highest BCUT2D eigenvalue weighted by Gasteiger charge is 2.37. The summed E-state index contributed by atoms with van der Waals surface area (Å²) in [5.74, 6) is 1.58. The van der Waals surface area contributed by atoms with E-state index in [2.05, 4.69) is 20.8 Å². The van der Waals surface area contributed by atoms with Crippen LogP contribution in [-0.4, -0.2) is 16.5 Å². The Morgan fingerprint density at radius 2 is 1.93 bits per heavy atom. The molecule has 1 aliphatic rings. The summed E-state index contributed by atoms with van der Waals surface area (Å²) in [5, 5.41) is 9.21. The number of hydrogen-bond donors (Lipinski definition) is 1. The Morgan fingerprint density at radius 1 is 1.33 bits per heavy atom. The minimum absolute atomic E-state index is 0.0544. The van der Waals surface area contributed by atoms with E-state index in [1.165, 1.54) is 6.42 Å². The zero-order valence-electron chi connectivity index (χ0n) is 9.74. The Balaban J connectivity index is 2.74. The molecule has 1 fully saturated rings. The Labute approximate surface area is 97.0 Å². The second-order valence-corrected chi connectivity index (χ2v) is 5.61. The van der Waals surface area contributed by atoms with Crippen LogP contribution in [0.1, 0.15) is 40.0 Å². The highest BCUT2D eigenvalue weighted by atomic mass is 35.5. The van der Waals surface area contributed by atoms with Crippen LogP contribution in [0.2, 0.25) is 0 Å². The summed E-state index contributed by atoms with van der Waals surface area (Å²) in [4.78, 5) is 11.0. The molecular formula is C12H21ClO2. The van der Waals surface area contributed by atoms with Gasteiger partial charge in [0.2, 0.25) is 5.24 Å². The van der Waals surface area contributed by atoms with Crippen LogP contribution in [0.25, 0.3) is 0 Å². The minimum Gasteiger partial charge on any atom is -0.384 e. The fourth-order valence-electron chi connectivity index (χ4n) is 2.81. The Bertz CT molecular complexity index is 228. The number of carbonyl (C=O) groups is 1. The van der Waals surface area contributed by atoms with Gasteiger partial charge in [0, 0.05) is 0 Å². The minimum atomic E-state index is -0.971. The van der Waals surface area contributed by atoms with Crippen molar-refractivity contribution in [2.45, 2.75) is 46.1 Å². The van der Waals surface area contributed by atoms with E-state index in [0.29, 0.717) is 17.8 Å². The number of halogens is 1. The van der Waals surface area contributed by atoms with Crippen molar-refractivity contribution in [1.82, 2.24) is 0 Å². The molecular weight excluding hydrogens is 212 g/mol. The summed E-state index contributed by atoms with van der Waals surface area (Å²) in [6, 6.07) is 0. The molecule has 15 heavy (non-hydrogen) atoms. The monoisotopic (exact) mass is 232 g/mol. The molecule has 4 unspecified atom stereocenters. The van der Waals surface area contributed by atoms with Gasteiger partial charge >= 0.3 is 0 Å². The highest BCUT2D eigenvalue weighted by Crippen LogP contribution is 2.40. The molecule has 0 amide bonds. The number of carbonyl (C=O) groups excluding carboxylic acids is 1. The molecule has 0 aromatic heterocycles. The predicted octanol–water partition coefficient (Wildman–Crippen LogP) is 2.82. The third kappa shape index (κ3) is 3.18. The zero-order chi connectivity index (χ0) is 11.6. The van der Waals surface area contributed by atoms with E-state index < -0.39 is 11.3 Å². The van der Waals surface area contributed by atoms with Gasteiger partial charge in [-0.1, -0.05) is 27.2 Å². The third-order valence-corrected chi connectivity index (χ3v) is 3.94. The maximum absolute atomic E-state index is 11.0. The lowest BCUT2D eigenvalue weighted by Gasteiger charge is -2.38. The first-order chi connectivity index (χ1) is 6.93. The van der Waals surface area contributed by atoms with E-state index in [1.54, 1.807) is 0 Å². The van der Waals surface area contributed by atoms with Gasteiger partial charge in [0.05, 0.1) is 0 Å². The molecule has 0 aromatic carbocycles. The van der Waals surface area contributed by atoms with Crippen LogP contribution in [0.4, 0.5) is 0 Å². The average Bonchev–Trinajstić information content (AvgIpc) is 2.15. The van der Waals surface area contributed by atoms with Gasteiger partial charge in [0.15, 0.2) is 0 Å². The van der Waals surface area contributed by atoms with E-state index in [9.17, 15) is 9.90 Å². The molecule has 2 nitrogen and oxygen atoms in total. The number of hydrogen-bond acceptors (Lipinski definition) is 2. The lowest BCUT2D eigenvalue weighted by atomic mass is 9.68. The van der Waals surface area contributed by atoms with Crippen LogP contribution < -0.4 is 0 Å². The van der Waals surface area contributed by atoms with E-state index in [4.69, 9.17) is 11.6 Å². The molecule has 0 saturated heterocycles. The summed E-state index contributed by atoms with van der Waals surface area (Å²) in [6.45, 7) is 6.48. The Morgan fingerprint density at radius 3 is 2.40 bits per heavy atom. The summed E-state index contributed by atoms with van der Waals surface area (Å²) in [5.41, 5.74) is 0. The summed E-state index contributed by atoms with van der Waals surface area (Å²) in [6.07, 6.45) is 2.25. The molecule has 0 radical (unpaired) electrons. The van der Waals surface area contributed by atoms with Crippen LogP contribution in [0.3, 0.4) is 0 Å². The summed E-state index contributed by atoms with van der Waals surface area (Å²) >= 11 is 5.39. The largest absolute Gasteiger partial charge is 0.384 e. The highest BCUT2D eigenvalue weighted by molar-refractivity contribution is 6.64. The van der Waals surface area contributed by atoms with Gasteiger partial charge in [-0.05, 0) is 48.1 Å². The number of aliphatic hydroxyl groups is 1. The van der Waals surface area contributed by atoms with Crippen molar-refractivity contribution in [1.29, 1.82) is 0 Å². The SMILES string of the molecule is CC1CCC(C(C)C)C(C(O)C(=O)Cl)C1. The maximum Gasteiger partial charge on any atom is 0.250 e. The van der Waals surface area contributed by atoms with Crippen LogP contribution >= 0.6 is 11.6 Å². The predicted molar refractivity (Wildman–Crippen MR) is 61.7 cm³/mol. The molecule has 0 bridgehead atoms. The van der Waals surface area contributed by atoms with Crippen LogP contribution in [0.15, 0.2) is 0 Å². The molecule has 1 saturated carbocycles. The van der Waals surface area contributed by atoms with Crippen LogP contribution in [-0.2, 0) is 4.79 Å². The molecule has 1 aliphatic carbocycles. The quantitative estimate of drug-likeness (QED) is 0.760. The Hall–Kier alpha value is -0.0800. The fraction of sp³-hybridized carbons (Fsp3) is 0.917. The maximum atomic E-state index is 11.0. The molecule has 3 heteroatoms. The van der Waals surface area contributed by atoms with Gasteiger partial charge in [-0.15, -0.1) is 0 Å². The molecule has 88 valence electrons. The summed E-state index contributed by atoms with van der Waals surface area (Å²) < 4.78 is 0. The zero-order valence-corrected chi connectivity index (χ0v) is 10.5. The van der Waals surface area contributed by atoms with Crippen molar-refractivity contribution in [3.63, 3.8) is 0 Å². The lowest BCUT2D eigenvalue weighted by Crippen LogP contribution is -2.38. The van der Waals surface area contributed by atoms with Crippen LogP contribution in [0, 0.1) is 23.7 Å². The molecule has 0 spiro atoms. The van der Waals surface area contributed by atoms with Gasteiger partial charge < -0.3 is 5.11 Å². The second-order valence-electron chi connectivity index (χ2n) is 5.24. The van der Waals surface area contributed by atoms with E-state index in [-0.39, 0.29) is 5.92 Å².